The lowest BCUT2D eigenvalue weighted by molar-refractivity contribution is -0.220. The van der Waals surface area contributed by atoms with Gasteiger partial charge in [0.05, 0.1) is 6.04 Å². The van der Waals surface area contributed by atoms with Gasteiger partial charge in [0.25, 0.3) is 0 Å². The van der Waals surface area contributed by atoms with Crippen molar-refractivity contribution in [2.75, 3.05) is 13.2 Å². The summed E-state index contributed by atoms with van der Waals surface area (Å²) in [6, 6.07) is -0.576. The summed E-state index contributed by atoms with van der Waals surface area (Å²) in [5.41, 5.74) is 9.06. The molecule has 2 aliphatic heterocycles. The maximum atomic E-state index is 9.06. The molecule has 0 radical (unpaired) electrons. The number of ether oxygens (including phenoxy) is 4. The van der Waals surface area contributed by atoms with Crippen LogP contribution in [0.1, 0.15) is 34.6 Å². The third-order valence-corrected chi connectivity index (χ3v) is 9.89. The largest absolute Gasteiger partial charge is 0.416 e. The van der Waals surface area contributed by atoms with Crippen molar-refractivity contribution < 1.29 is 23.4 Å². The summed E-state index contributed by atoms with van der Waals surface area (Å²) in [6.45, 7) is 14.7. The van der Waals surface area contributed by atoms with Crippen molar-refractivity contribution >= 4 is 8.32 Å². The first-order valence-corrected chi connectivity index (χ1v) is 12.1. The molecule has 0 saturated carbocycles. The van der Waals surface area contributed by atoms with Gasteiger partial charge in [0, 0.05) is 11.5 Å². The summed E-state index contributed by atoms with van der Waals surface area (Å²) >= 11 is 0. The molecule has 8 nitrogen and oxygen atoms in total. The minimum Gasteiger partial charge on any atom is -0.416 e. The van der Waals surface area contributed by atoms with Crippen LogP contribution in [0.5, 0.6) is 0 Å². The highest BCUT2D eigenvalue weighted by molar-refractivity contribution is 6.74. The summed E-state index contributed by atoms with van der Waals surface area (Å²) in [6.07, 6.45) is 3.24. The first-order valence-electron chi connectivity index (χ1n) is 9.16. The van der Waals surface area contributed by atoms with E-state index in [0.717, 1.165) is 0 Å². The Kier molecular flexibility index (Phi) is 6.65. The molecule has 2 heterocycles. The average molecular weight is 398 g/mol. The Morgan fingerprint density at radius 3 is 2.56 bits per heavy atom. The molecule has 2 aliphatic rings. The molecule has 152 valence electrons. The molecule has 2 rings (SSSR count). The third kappa shape index (κ3) is 5.03. The van der Waals surface area contributed by atoms with Crippen LogP contribution in [0.2, 0.25) is 18.1 Å². The second kappa shape index (κ2) is 8.09. The second-order valence-electron chi connectivity index (χ2n) is 8.89. The molecule has 0 aliphatic carbocycles. The van der Waals surface area contributed by atoms with Crippen LogP contribution in [0, 0.1) is 12.3 Å². The standard InChI is InChI=1S/C18H31N3O5Si/c1-9-10-22-14-13(24-16-15(14)25-18(5,6)26-16)12(20-21-19)11-23-27(7,8)17(2,3)4/h1,12-16H,10-11H2,2-8H3/t12-,13+,14-,15+,16+/m0/s1. The van der Waals surface area contributed by atoms with Gasteiger partial charge in [0.15, 0.2) is 20.4 Å². The summed E-state index contributed by atoms with van der Waals surface area (Å²) in [4.78, 5) is 2.98. The Hall–Kier alpha value is -1.11. The Morgan fingerprint density at radius 2 is 2.00 bits per heavy atom. The van der Waals surface area contributed by atoms with Crippen LogP contribution in [0.15, 0.2) is 5.11 Å². The first-order chi connectivity index (χ1) is 12.4. The lowest BCUT2D eigenvalue weighted by atomic mass is 10.0. The number of fused-ring (bicyclic) bond motifs is 1. The number of nitrogens with zero attached hydrogens (tertiary/aromatic N) is 3. The summed E-state index contributed by atoms with van der Waals surface area (Å²) in [7, 11) is -2.02. The fourth-order valence-electron chi connectivity index (χ4n) is 2.92. The molecule has 0 unspecified atom stereocenters. The van der Waals surface area contributed by atoms with Gasteiger partial charge in [-0.1, -0.05) is 31.8 Å². The van der Waals surface area contributed by atoms with E-state index >= 15 is 0 Å². The fraction of sp³-hybridized carbons (Fsp3) is 0.889. The SMILES string of the molecule is C#CCO[C@@H]1[C@H]2OC(C)(C)O[C@H]2O[C@@H]1[C@H](CO[Si](C)(C)C(C)(C)C)N=[N+]=[N-]. The zero-order chi connectivity index (χ0) is 20.5. The number of rotatable bonds is 7. The number of hydrogen-bond donors (Lipinski definition) is 0. The van der Waals surface area contributed by atoms with Gasteiger partial charge in [-0.25, -0.2) is 0 Å². The van der Waals surface area contributed by atoms with Gasteiger partial charge >= 0.3 is 0 Å². The zero-order valence-corrected chi connectivity index (χ0v) is 18.3. The molecule has 0 N–H and O–H groups in total. The first kappa shape index (κ1) is 22.2. The van der Waals surface area contributed by atoms with Gasteiger partial charge in [-0.15, -0.1) is 6.42 Å². The molecule has 0 spiro atoms. The van der Waals surface area contributed by atoms with Crippen molar-refractivity contribution in [1.29, 1.82) is 0 Å². The van der Waals surface area contributed by atoms with Crippen molar-refractivity contribution in [3.63, 3.8) is 0 Å². The fourth-order valence-corrected chi connectivity index (χ4v) is 3.94. The van der Waals surface area contributed by atoms with Crippen LogP contribution in [0.3, 0.4) is 0 Å². The maximum absolute atomic E-state index is 9.06. The molecule has 5 atom stereocenters. The Labute approximate surface area is 162 Å². The monoisotopic (exact) mass is 397 g/mol. The Balaban J connectivity index is 2.17. The van der Waals surface area contributed by atoms with Crippen molar-refractivity contribution in [3.05, 3.63) is 10.4 Å². The van der Waals surface area contributed by atoms with Gasteiger partial charge in [-0.05, 0) is 37.5 Å². The van der Waals surface area contributed by atoms with Gasteiger partial charge in [-0.3, -0.25) is 0 Å². The lowest BCUT2D eigenvalue weighted by Gasteiger charge is -2.38. The van der Waals surface area contributed by atoms with E-state index in [1.165, 1.54) is 0 Å². The quantitative estimate of drug-likeness (QED) is 0.215. The van der Waals surface area contributed by atoms with E-state index in [1.54, 1.807) is 0 Å². The molecule has 27 heavy (non-hydrogen) atoms. The highest BCUT2D eigenvalue weighted by atomic mass is 28.4. The summed E-state index contributed by atoms with van der Waals surface area (Å²) in [5.74, 6) is 1.69. The second-order valence-corrected chi connectivity index (χ2v) is 13.7. The lowest BCUT2D eigenvalue weighted by Crippen LogP contribution is -2.47. The van der Waals surface area contributed by atoms with Crippen molar-refractivity contribution in [3.8, 4) is 12.3 Å². The van der Waals surface area contributed by atoms with Gasteiger partial charge in [0.2, 0.25) is 0 Å². The van der Waals surface area contributed by atoms with Crippen LogP contribution >= 0.6 is 0 Å². The molecule has 2 saturated heterocycles. The minimum absolute atomic E-state index is 0.0383. The van der Waals surface area contributed by atoms with Gasteiger partial charge in [-0.2, -0.15) is 0 Å². The normalized spacial score (nSPS) is 31.0. The van der Waals surface area contributed by atoms with Crippen LogP contribution < -0.4 is 0 Å². The molecule has 2 fully saturated rings. The molecule has 0 aromatic carbocycles. The Morgan fingerprint density at radius 1 is 1.33 bits per heavy atom. The predicted octanol–water partition coefficient (Wildman–Crippen LogP) is 3.58. The maximum Gasteiger partial charge on any atom is 0.191 e. The highest BCUT2D eigenvalue weighted by Crippen LogP contribution is 2.41. The topological polar surface area (TPSA) is 94.9 Å². The van der Waals surface area contributed by atoms with E-state index in [9.17, 15) is 0 Å². The van der Waals surface area contributed by atoms with E-state index in [2.05, 4.69) is 49.8 Å². The van der Waals surface area contributed by atoms with E-state index < -0.39 is 44.7 Å². The van der Waals surface area contributed by atoms with E-state index in [4.69, 9.17) is 35.3 Å². The molecule has 0 aromatic rings. The summed E-state index contributed by atoms with van der Waals surface area (Å²) < 4.78 is 29.8. The average Bonchev–Trinajstić information content (AvgIpc) is 3.00. The van der Waals surface area contributed by atoms with Crippen LogP contribution in [0.4, 0.5) is 0 Å². The van der Waals surface area contributed by atoms with Gasteiger partial charge < -0.3 is 23.4 Å². The highest BCUT2D eigenvalue weighted by Gasteiger charge is 2.57. The van der Waals surface area contributed by atoms with E-state index in [-0.39, 0.29) is 18.3 Å². The molecule has 0 aromatic heterocycles. The van der Waals surface area contributed by atoms with Crippen molar-refractivity contribution in [1.82, 2.24) is 0 Å². The van der Waals surface area contributed by atoms with Crippen LogP contribution in [-0.4, -0.2) is 58.0 Å². The zero-order valence-electron chi connectivity index (χ0n) is 17.3. The van der Waals surface area contributed by atoms with E-state index in [1.807, 2.05) is 13.8 Å². The van der Waals surface area contributed by atoms with Gasteiger partial charge in [0.1, 0.15) is 24.9 Å². The third-order valence-electron chi connectivity index (χ3n) is 5.39. The van der Waals surface area contributed by atoms with Crippen LogP contribution in [0.25, 0.3) is 10.4 Å². The Bertz CT molecular complexity index is 621. The predicted molar refractivity (Wildman–Crippen MR) is 103 cm³/mol. The minimum atomic E-state index is -2.02. The van der Waals surface area contributed by atoms with E-state index in [0.29, 0.717) is 0 Å². The van der Waals surface area contributed by atoms with Crippen LogP contribution in [-0.2, 0) is 23.4 Å². The molecule has 0 bridgehead atoms. The smallest absolute Gasteiger partial charge is 0.191 e. The molecule has 9 heteroatoms. The van der Waals surface area contributed by atoms with Crippen molar-refractivity contribution in [2.45, 2.75) is 89.2 Å². The van der Waals surface area contributed by atoms with Crippen molar-refractivity contribution in [2.24, 2.45) is 5.11 Å². The number of terminal acetylenes is 1. The molecular weight excluding hydrogens is 366 g/mol. The molecule has 0 amide bonds. The number of azide groups is 1. The molecular formula is C18H31N3O5Si. The summed E-state index contributed by atoms with van der Waals surface area (Å²) in [5, 5.41) is 3.96. The number of hydrogen-bond acceptors (Lipinski definition) is 6.